The summed E-state index contributed by atoms with van der Waals surface area (Å²) in [5, 5.41) is 12.4. The third kappa shape index (κ3) is 8.97. The number of likely N-dealkylation sites (N-methyl/N-ethyl adjacent to an activating group) is 1. The predicted octanol–water partition coefficient (Wildman–Crippen LogP) is 3.33. The molecule has 0 aliphatic carbocycles. The van der Waals surface area contributed by atoms with Gasteiger partial charge in [-0.1, -0.05) is 26.8 Å². The van der Waals surface area contributed by atoms with Crippen LogP contribution >= 0.6 is 0 Å². The Bertz CT molecular complexity index is 1690. The highest BCUT2D eigenvalue weighted by Crippen LogP contribution is 2.28. The summed E-state index contributed by atoms with van der Waals surface area (Å²) in [6.07, 6.45) is 2.46. The Balaban J connectivity index is 1.92. The molecule has 0 aliphatic heterocycles. The largest absolute Gasteiger partial charge is 0.464 e. The van der Waals surface area contributed by atoms with E-state index in [0.29, 0.717) is 17.5 Å². The number of fused-ring (bicyclic) bond motifs is 1. The Labute approximate surface area is 259 Å². The first-order valence-corrected chi connectivity index (χ1v) is 14.0. The van der Waals surface area contributed by atoms with Crippen LogP contribution in [0, 0.1) is 11.2 Å². The lowest BCUT2D eigenvalue weighted by atomic mass is 9.87. The Hall–Kier alpha value is -5.08. The van der Waals surface area contributed by atoms with Crippen molar-refractivity contribution in [2.24, 2.45) is 5.41 Å². The molecule has 2 heterocycles. The number of anilines is 1. The number of carbonyl (C=O) groups is 4. The molecule has 3 amide bonds. The van der Waals surface area contributed by atoms with Crippen LogP contribution in [0.25, 0.3) is 11.0 Å². The molecule has 0 bridgehead atoms. The third-order valence-electron chi connectivity index (χ3n) is 6.45. The number of carbonyl (C=O) groups excluding carboxylic acids is 3. The van der Waals surface area contributed by atoms with Crippen molar-refractivity contribution in [3.63, 3.8) is 0 Å². The van der Waals surface area contributed by atoms with Gasteiger partial charge in [0.05, 0.1) is 17.6 Å². The van der Waals surface area contributed by atoms with E-state index in [1.54, 1.807) is 14.1 Å². The lowest BCUT2D eigenvalue weighted by Crippen LogP contribution is -2.38. The Kier molecular flexibility index (Phi) is 10.8. The van der Waals surface area contributed by atoms with Gasteiger partial charge in [0.15, 0.2) is 11.9 Å². The van der Waals surface area contributed by atoms with E-state index in [4.69, 9.17) is 4.74 Å². The second-order valence-electron chi connectivity index (χ2n) is 12.0. The van der Waals surface area contributed by atoms with Gasteiger partial charge in [-0.25, -0.2) is 28.5 Å². The molecule has 1 atom stereocenters. The molecular formula is C30H38FN7O7. The zero-order valence-electron chi connectivity index (χ0n) is 26.3. The van der Waals surface area contributed by atoms with Crippen LogP contribution in [0.3, 0.4) is 0 Å². The van der Waals surface area contributed by atoms with Crippen LogP contribution in [0.4, 0.5) is 19.8 Å². The molecule has 0 fully saturated rings. The fourth-order valence-corrected chi connectivity index (χ4v) is 4.34. The number of rotatable bonds is 10. The van der Waals surface area contributed by atoms with E-state index >= 15 is 0 Å². The number of ether oxygens (including phenoxy) is 1. The van der Waals surface area contributed by atoms with Gasteiger partial charge in [0.2, 0.25) is 5.91 Å². The summed E-state index contributed by atoms with van der Waals surface area (Å²) in [4.78, 5) is 73.7. The third-order valence-corrected chi connectivity index (χ3v) is 6.45. The van der Waals surface area contributed by atoms with E-state index in [9.17, 15) is 33.5 Å². The molecule has 0 unspecified atom stereocenters. The Morgan fingerprint density at radius 1 is 1.13 bits per heavy atom. The van der Waals surface area contributed by atoms with Crippen molar-refractivity contribution in [2.45, 2.75) is 52.7 Å². The van der Waals surface area contributed by atoms with Crippen LogP contribution in [-0.4, -0.2) is 92.3 Å². The van der Waals surface area contributed by atoms with Crippen LogP contribution in [0.5, 0.6) is 0 Å². The number of allylic oxidation sites excluding steroid dienone is 1. The van der Waals surface area contributed by atoms with E-state index < -0.39 is 41.4 Å². The molecule has 1 aromatic carbocycles. The molecule has 3 rings (SSSR count). The number of imidazole rings is 1. The van der Waals surface area contributed by atoms with E-state index in [1.807, 2.05) is 20.8 Å². The van der Waals surface area contributed by atoms with Gasteiger partial charge in [-0.2, -0.15) is 0 Å². The number of nitrogens with zero attached hydrogens (tertiary/aromatic N) is 6. The molecule has 0 aliphatic rings. The van der Waals surface area contributed by atoms with Crippen molar-refractivity contribution in [3.8, 4) is 0 Å². The van der Waals surface area contributed by atoms with Crippen LogP contribution < -0.4 is 10.9 Å². The molecular weight excluding hydrogens is 589 g/mol. The maximum Gasteiger partial charge on any atom is 0.417 e. The number of carboxylic acid groups (broad SMARTS) is 1. The molecule has 0 spiro atoms. The molecule has 0 saturated carbocycles. The van der Waals surface area contributed by atoms with Crippen molar-refractivity contribution in [3.05, 3.63) is 64.2 Å². The molecule has 2 aromatic heterocycles. The predicted molar refractivity (Wildman–Crippen MR) is 164 cm³/mol. The minimum Gasteiger partial charge on any atom is -0.464 e. The van der Waals surface area contributed by atoms with Gasteiger partial charge in [0.1, 0.15) is 11.6 Å². The number of amides is 3. The standard InChI is InChI=1S/C30H38FN7O7/c1-30(2,3)16-18-14-19(31)15-20-24(18)33-22(38(20)28(42)43)17-37-13-12-32-25(27(37)41)34-26(40)21(45-29(44)36(6)7)10-8-9-11-23(39)35(4)5/h9,11-15,21H,8,10,16-17H2,1-7H3,(H,42,43)(H,32,34,40)/b11-9+/t21-/m0/s1. The number of hydrogen-bond donors (Lipinski definition) is 2. The second kappa shape index (κ2) is 14.1. The Morgan fingerprint density at radius 2 is 1.82 bits per heavy atom. The van der Waals surface area contributed by atoms with Gasteiger partial charge in [-0.3, -0.25) is 14.4 Å². The average Bonchev–Trinajstić information content (AvgIpc) is 3.29. The number of halogens is 1. The van der Waals surface area contributed by atoms with Crippen LogP contribution in [0.1, 0.15) is 45.0 Å². The second-order valence-corrected chi connectivity index (χ2v) is 12.0. The summed E-state index contributed by atoms with van der Waals surface area (Å²) in [6, 6.07) is 2.39. The van der Waals surface area contributed by atoms with Gasteiger partial charge in [0.25, 0.3) is 11.5 Å². The fourth-order valence-electron chi connectivity index (χ4n) is 4.34. The van der Waals surface area contributed by atoms with Crippen LogP contribution in [-0.2, 0) is 27.3 Å². The minimum absolute atomic E-state index is 0.000257. The van der Waals surface area contributed by atoms with Crippen molar-refractivity contribution in [2.75, 3.05) is 33.5 Å². The lowest BCUT2D eigenvalue weighted by molar-refractivity contribution is -0.125. The van der Waals surface area contributed by atoms with Gasteiger partial charge in [-0.15, -0.1) is 0 Å². The van der Waals surface area contributed by atoms with E-state index in [0.717, 1.165) is 20.1 Å². The minimum atomic E-state index is -1.41. The highest BCUT2D eigenvalue weighted by Gasteiger charge is 2.26. The summed E-state index contributed by atoms with van der Waals surface area (Å²) < 4.78 is 21.8. The molecule has 2 N–H and O–H groups in total. The van der Waals surface area contributed by atoms with E-state index in [2.05, 4.69) is 15.3 Å². The zero-order chi connectivity index (χ0) is 33.6. The summed E-state index contributed by atoms with van der Waals surface area (Å²) in [6.45, 7) is 5.53. The first-order valence-electron chi connectivity index (χ1n) is 14.0. The average molecular weight is 628 g/mol. The molecule has 14 nitrogen and oxygen atoms in total. The Morgan fingerprint density at radius 3 is 2.42 bits per heavy atom. The number of benzene rings is 1. The summed E-state index contributed by atoms with van der Waals surface area (Å²) in [7, 11) is 6.05. The molecule has 0 radical (unpaired) electrons. The first kappa shape index (κ1) is 34.4. The monoisotopic (exact) mass is 627 g/mol. The molecule has 3 aromatic rings. The van der Waals surface area contributed by atoms with Crippen molar-refractivity contribution >= 4 is 40.9 Å². The van der Waals surface area contributed by atoms with Crippen LogP contribution in [0.15, 0.2) is 41.5 Å². The van der Waals surface area contributed by atoms with Gasteiger partial charge >= 0.3 is 12.2 Å². The van der Waals surface area contributed by atoms with Crippen molar-refractivity contribution < 1.29 is 33.4 Å². The first-order chi connectivity index (χ1) is 21.0. The SMILES string of the molecule is CN(C)C(=O)/C=C/CC[C@H](OC(=O)N(C)C)C(=O)Nc1nccn(Cc2nc3c(CC(C)(C)C)cc(F)cc3n2C(=O)O)c1=O. The topological polar surface area (TPSA) is 169 Å². The quantitative estimate of drug-likeness (QED) is 0.320. The lowest BCUT2D eigenvalue weighted by Gasteiger charge is -2.19. The highest BCUT2D eigenvalue weighted by atomic mass is 19.1. The van der Waals surface area contributed by atoms with Gasteiger partial charge in [0, 0.05) is 46.7 Å². The van der Waals surface area contributed by atoms with Crippen molar-refractivity contribution in [1.29, 1.82) is 0 Å². The van der Waals surface area contributed by atoms with E-state index in [1.165, 1.54) is 49.6 Å². The molecule has 242 valence electrons. The fraction of sp³-hybridized carbons (Fsp3) is 0.433. The summed E-state index contributed by atoms with van der Waals surface area (Å²) >= 11 is 0. The van der Waals surface area contributed by atoms with Gasteiger partial charge < -0.3 is 29.5 Å². The molecule has 45 heavy (non-hydrogen) atoms. The smallest absolute Gasteiger partial charge is 0.417 e. The number of aromatic nitrogens is 4. The van der Waals surface area contributed by atoms with Crippen molar-refractivity contribution in [1.82, 2.24) is 28.9 Å². The maximum absolute atomic E-state index is 14.6. The zero-order valence-corrected chi connectivity index (χ0v) is 26.3. The molecule has 15 heteroatoms. The van der Waals surface area contributed by atoms with Crippen LogP contribution in [0.2, 0.25) is 0 Å². The number of nitrogens with one attached hydrogen (secondary N) is 1. The number of hydrogen-bond acceptors (Lipinski definition) is 8. The van der Waals surface area contributed by atoms with Gasteiger partial charge in [-0.05, 0) is 42.4 Å². The maximum atomic E-state index is 14.6. The van der Waals surface area contributed by atoms with E-state index in [-0.39, 0.29) is 42.0 Å². The summed E-state index contributed by atoms with van der Waals surface area (Å²) in [5.41, 5.74) is -0.176. The highest BCUT2D eigenvalue weighted by molar-refractivity contribution is 5.94. The molecule has 0 saturated heterocycles. The normalized spacial score (nSPS) is 12.3. The summed E-state index contributed by atoms with van der Waals surface area (Å²) in [5.74, 6) is -2.17.